The molecule has 3 N–H and O–H groups in total. The van der Waals surface area contributed by atoms with E-state index in [2.05, 4.69) is 20.9 Å². The number of nitrogens with one attached hydrogen (secondary N) is 3. The molecule has 0 saturated heterocycles. The number of amides is 1. The van der Waals surface area contributed by atoms with Crippen LogP contribution in [0.4, 0.5) is 0 Å². The number of benzene rings is 1. The Bertz CT molecular complexity index is 639. The number of furan rings is 1. The Kier molecular flexibility index (Phi) is 6.50. The van der Waals surface area contributed by atoms with Gasteiger partial charge in [0.2, 0.25) is 0 Å². The van der Waals surface area contributed by atoms with E-state index in [1.807, 2.05) is 24.3 Å². The fourth-order valence-corrected chi connectivity index (χ4v) is 1.99. The highest BCUT2D eigenvalue weighted by Gasteiger charge is 2.06. The number of carbonyl (C=O) groups is 1. The third-order valence-corrected chi connectivity index (χ3v) is 3.30. The number of carbonyl (C=O) groups excluding carboxylic acids is 1. The lowest BCUT2D eigenvalue weighted by Gasteiger charge is -2.12. The van der Waals surface area contributed by atoms with Gasteiger partial charge in [-0.2, -0.15) is 0 Å². The molecule has 0 aliphatic carbocycles. The minimum atomic E-state index is -0.235. The van der Waals surface area contributed by atoms with Crippen LogP contribution in [-0.4, -0.2) is 32.0 Å². The summed E-state index contributed by atoms with van der Waals surface area (Å²) < 4.78 is 5.01. The monoisotopic (exact) mass is 334 g/mol. The molecule has 0 unspecified atom stereocenters. The molecule has 0 atom stereocenters. The highest BCUT2D eigenvalue weighted by molar-refractivity contribution is 6.30. The van der Waals surface area contributed by atoms with Crippen LogP contribution in [-0.2, 0) is 6.54 Å². The summed E-state index contributed by atoms with van der Waals surface area (Å²) in [6.07, 6.45) is 1.47. The molecule has 6 nitrogen and oxygen atoms in total. The van der Waals surface area contributed by atoms with Crippen LogP contribution in [0.3, 0.4) is 0 Å². The van der Waals surface area contributed by atoms with E-state index in [-0.39, 0.29) is 5.91 Å². The van der Waals surface area contributed by atoms with E-state index in [1.54, 1.807) is 19.2 Å². The van der Waals surface area contributed by atoms with Crippen LogP contribution in [0.5, 0.6) is 0 Å². The molecular weight excluding hydrogens is 316 g/mol. The maximum Gasteiger partial charge on any atom is 0.287 e. The van der Waals surface area contributed by atoms with Crippen molar-refractivity contribution in [2.75, 3.05) is 20.1 Å². The minimum absolute atomic E-state index is 0.235. The lowest BCUT2D eigenvalue weighted by atomic mass is 10.2. The zero-order valence-corrected chi connectivity index (χ0v) is 13.6. The smallest absolute Gasteiger partial charge is 0.287 e. The first-order valence-corrected chi connectivity index (χ1v) is 7.57. The third kappa shape index (κ3) is 5.67. The van der Waals surface area contributed by atoms with Gasteiger partial charge in [-0.3, -0.25) is 9.79 Å². The lowest BCUT2D eigenvalue weighted by molar-refractivity contribution is 0.0926. The van der Waals surface area contributed by atoms with Gasteiger partial charge in [0.15, 0.2) is 11.7 Å². The molecule has 0 aliphatic heterocycles. The average Bonchev–Trinajstić information content (AvgIpc) is 3.10. The van der Waals surface area contributed by atoms with E-state index in [1.165, 1.54) is 6.26 Å². The van der Waals surface area contributed by atoms with E-state index in [0.717, 1.165) is 5.56 Å². The van der Waals surface area contributed by atoms with Gasteiger partial charge in [-0.15, -0.1) is 0 Å². The van der Waals surface area contributed by atoms with Gasteiger partial charge in [0.25, 0.3) is 5.91 Å². The van der Waals surface area contributed by atoms with E-state index in [0.29, 0.717) is 36.4 Å². The Morgan fingerprint density at radius 1 is 1.13 bits per heavy atom. The van der Waals surface area contributed by atoms with Crippen LogP contribution in [0.25, 0.3) is 0 Å². The number of hydrogen-bond donors (Lipinski definition) is 3. The summed E-state index contributed by atoms with van der Waals surface area (Å²) in [5, 5.41) is 9.77. The molecule has 0 saturated carbocycles. The van der Waals surface area contributed by atoms with E-state index < -0.39 is 0 Å². The summed E-state index contributed by atoms with van der Waals surface area (Å²) in [6.45, 7) is 1.64. The second kappa shape index (κ2) is 8.85. The molecule has 2 aromatic rings. The average molecular weight is 335 g/mol. The van der Waals surface area contributed by atoms with Crippen LogP contribution in [0.1, 0.15) is 16.1 Å². The normalized spacial score (nSPS) is 11.1. The molecule has 23 heavy (non-hydrogen) atoms. The first-order chi connectivity index (χ1) is 11.2. The Hall–Kier alpha value is -2.47. The maximum absolute atomic E-state index is 11.7. The van der Waals surface area contributed by atoms with Gasteiger partial charge in [0, 0.05) is 31.7 Å². The summed E-state index contributed by atoms with van der Waals surface area (Å²) in [5.74, 6) is 0.725. The predicted octanol–water partition coefficient (Wildman–Crippen LogP) is 2.03. The third-order valence-electron chi connectivity index (χ3n) is 3.04. The fourth-order valence-electron chi connectivity index (χ4n) is 1.86. The van der Waals surface area contributed by atoms with Crippen LogP contribution in [0, 0.1) is 0 Å². The quantitative estimate of drug-likeness (QED) is 0.429. The number of hydrogen-bond acceptors (Lipinski definition) is 3. The topological polar surface area (TPSA) is 78.7 Å². The van der Waals surface area contributed by atoms with Crippen molar-refractivity contribution in [3.63, 3.8) is 0 Å². The molecule has 1 amide bonds. The van der Waals surface area contributed by atoms with Crippen molar-refractivity contribution in [3.05, 3.63) is 59.0 Å². The molecule has 1 aromatic carbocycles. The Morgan fingerprint density at radius 2 is 1.87 bits per heavy atom. The van der Waals surface area contributed by atoms with Crippen molar-refractivity contribution >= 4 is 23.5 Å². The predicted molar refractivity (Wildman–Crippen MR) is 90.7 cm³/mol. The number of halogens is 1. The molecule has 1 aromatic heterocycles. The summed E-state index contributed by atoms with van der Waals surface area (Å²) in [4.78, 5) is 15.8. The Balaban J connectivity index is 1.67. The highest BCUT2D eigenvalue weighted by Crippen LogP contribution is 2.08. The van der Waals surface area contributed by atoms with Crippen molar-refractivity contribution in [2.24, 2.45) is 4.99 Å². The second-order valence-corrected chi connectivity index (χ2v) is 5.15. The van der Waals surface area contributed by atoms with Crippen molar-refractivity contribution in [2.45, 2.75) is 6.54 Å². The van der Waals surface area contributed by atoms with Crippen molar-refractivity contribution in [3.8, 4) is 0 Å². The second-order valence-electron chi connectivity index (χ2n) is 4.71. The fraction of sp³-hybridized carbons (Fsp3) is 0.250. The van der Waals surface area contributed by atoms with Gasteiger partial charge < -0.3 is 20.4 Å². The molecule has 1 heterocycles. The first-order valence-electron chi connectivity index (χ1n) is 7.19. The number of guanidine groups is 1. The van der Waals surface area contributed by atoms with Crippen LogP contribution >= 0.6 is 11.6 Å². The zero-order valence-electron chi connectivity index (χ0n) is 12.8. The van der Waals surface area contributed by atoms with Crippen LogP contribution < -0.4 is 16.0 Å². The minimum Gasteiger partial charge on any atom is -0.459 e. The number of rotatable bonds is 6. The number of aliphatic imine (C=N–C) groups is 1. The highest BCUT2D eigenvalue weighted by atomic mass is 35.5. The molecule has 7 heteroatoms. The van der Waals surface area contributed by atoms with E-state index in [4.69, 9.17) is 16.0 Å². The van der Waals surface area contributed by atoms with Crippen LogP contribution in [0.2, 0.25) is 5.02 Å². The Labute approximate surface area is 139 Å². The molecule has 0 bridgehead atoms. The van der Waals surface area contributed by atoms with Gasteiger partial charge in [0.05, 0.1) is 6.26 Å². The summed E-state index contributed by atoms with van der Waals surface area (Å²) in [6, 6.07) is 10.9. The Morgan fingerprint density at radius 3 is 2.52 bits per heavy atom. The van der Waals surface area contributed by atoms with Gasteiger partial charge in [0.1, 0.15) is 0 Å². The molecule has 0 fully saturated rings. The van der Waals surface area contributed by atoms with Crippen molar-refractivity contribution in [1.29, 1.82) is 0 Å². The zero-order chi connectivity index (χ0) is 16.5. The summed E-state index contributed by atoms with van der Waals surface area (Å²) in [7, 11) is 1.69. The maximum atomic E-state index is 11.7. The van der Waals surface area contributed by atoms with Crippen molar-refractivity contribution < 1.29 is 9.21 Å². The molecular formula is C16H19ClN4O2. The molecule has 2 rings (SSSR count). The van der Waals surface area contributed by atoms with Gasteiger partial charge in [-0.1, -0.05) is 23.7 Å². The molecule has 122 valence electrons. The van der Waals surface area contributed by atoms with E-state index >= 15 is 0 Å². The van der Waals surface area contributed by atoms with Crippen LogP contribution in [0.15, 0.2) is 52.1 Å². The van der Waals surface area contributed by atoms with Crippen molar-refractivity contribution in [1.82, 2.24) is 16.0 Å². The molecule has 0 radical (unpaired) electrons. The SMILES string of the molecule is CN=C(NCCNC(=O)c1ccco1)NCc1ccc(Cl)cc1. The largest absolute Gasteiger partial charge is 0.459 e. The molecule has 0 spiro atoms. The molecule has 0 aliphatic rings. The standard InChI is InChI=1S/C16H19ClN4O2/c1-18-16(21-11-12-4-6-13(17)7-5-12)20-9-8-19-15(22)14-3-2-10-23-14/h2-7,10H,8-9,11H2,1H3,(H,19,22)(H2,18,20,21). The van der Waals surface area contributed by atoms with Gasteiger partial charge >= 0.3 is 0 Å². The van der Waals surface area contributed by atoms with E-state index in [9.17, 15) is 4.79 Å². The first kappa shape index (κ1) is 16.9. The summed E-state index contributed by atoms with van der Waals surface area (Å²) >= 11 is 5.85. The summed E-state index contributed by atoms with van der Waals surface area (Å²) in [5.41, 5.74) is 1.10. The van der Waals surface area contributed by atoms with Gasteiger partial charge in [-0.05, 0) is 29.8 Å². The van der Waals surface area contributed by atoms with Gasteiger partial charge in [-0.25, -0.2) is 0 Å². The lowest BCUT2D eigenvalue weighted by Crippen LogP contribution is -2.41. The number of nitrogens with zero attached hydrogens (tertiary/aromatic N) is 1.